The van der Waals surface area contributed by atoms with Crippen molar-refractivity contribution in [2.75, 3.05) is 18.0 Å². The molecular formula is C24H29N3O3S. The van der Waals surface area contributed by atoms with Gasteiger partial charge in [0.15, 0.2) is 0 Å². The number of amides is 1. The second-order valence-electron chi connectivity index (χ2n) is 8.93. The van der Waals surface area contributed by atoms with Gasteiger partial charge in [0, 0.05) is 31.7 Å². The van der Waals surface area contributed by atoms with Crippen LogP contribution < -0.4 is 4.90 Å². The van der Waals surface area contributed by atoms with Crippen molar-refractivity contribution >= 4 is 21.6 Å². The molecule has 31 heavy (non-hydrogen) atoms. The van der Waals surface area contributed by atoms with Gasteiger partial charge >= 0.3 is 0 Å². The third-order valence-electron chi connectivity index (χ3n) is 7.00. The van der Waals surface area contributed by atoms with Crippen LogP contribution >= 0.6 is 0 Å². The number of fused-ring (bicyclic) bond motifs is 3. The Morgan fingerprint density at radius 2 is 1.74 bits per heavy atom. The van der Waals surface area contributed by atoms with Gasteiger partial charge in [-0.1, -0.05) is 42.5 Å². The summed E-state index contributed by atoms with van der Waals surface area (Å²) in [5.74, 6) is 0.149. The first kappa shape index (κ1) is 20.5. The van der Waals surface area contributed by atoms with Gasteiger partial charge in [-0.05, 0) is 50.3 Å². The van der Waals surface area contributed by atoms with E-state index in [2.05, 4.69) is 11.8 Å². The number of hydrogen-bond donors (Lipinski definition) is 0. The maximum absolute atomic E-state index is 13.6. The van der Waals surface area contributed by atoms with Crippen molar-refractivity contribution < 1.29 is 13.2 Å². The minimum atomic E-state index is -3.67. The molecule has 3 heterocycles. The van der Waals surface area contributed by atoms with E-state index in [0.29, 0.717) is 23.7 Å². The molecule has 7 heteroatoms. The average Bonchev–Trinajstić information content (AvgIpc) is 3.37. The van der Waals surface area contributed by atoms with Gasteiger partial charge in [-0.3, -0.25) is 4.79 Å². The predicted octanol–water partition coefficient (Wildman–Crippen LogP) is 3.24. The Bertz CT molecular complexity index is 1070. The molecule has 5 rings (SSSR count). The number of para-hydroxylation sites is 1. The molecule has 164 valence electrons. The molecule has 3 aliphatic rings. The Kier molecular flexibility index (Phi) is 5.26. The lowest BCUT2D eigenvalue weighted by Gasteiger charge is -2.34. The summed E-state index contributed by atoms with van der Waals surface area (Å²) in [5.41, 5.74) is 1.64. The van der Waals surface area contributed by atoms with E-state index < -0.39 is 10.0 Å². The Balaban J connectivity index is 1.53. The number of carbonyl (C=O) groups is 1. The highest BCUT2D eigenvalue weighted by Crippen LogP contribution is 2.41. The van der Waals surface area contributed by atoms with E-state index in [9.17, 15) is 13.2 Å². The Morgan fingerprint density at radius 1 is 1.00 bits per heavy atom. The summed E-state index contributed by atoms with van der Waals surface area (Å²) >= 11 is 0. The molecule has 0 radical (unpaired) electrons. The first-order valence-corrected chi connectivity index (χ1v) is 12.6. The van der Waals surface area contributed by atoms with E-state index in [0.717, 1.165) is 37.8 Å². The second kappa shape index (κ2) is 7.95. The van der Waals surface area contributed by atoms with Gasteiger partial charge in [0.25, 0.3) is 0 Å². The summed E-state index contributed by atoms with van der Waals surface area (Å²) in [6, 6.07) is 16.9. The highest BCUT2D eigenvalue weighted by Gasteiger charge is 2.47. The topological polar surface area (TPSA) is 60.9 Å². The van der Waals surface area contributed by atoms with Gasteiger partial charge in [0.05, 0.1) is 5.69 Å². The molecular weight excluding hydrogens is 410 g/mol. The molecule has 0 spiro atoms. The predicted molar refractivity (Wildman–Crippen MR) is 120 cm³/mol. The molecule has 0 aliphatic carbocycles. The zero-order valence-electron chi connectivity index (χ0n) is 17.9. The lowest BCUT2D eigenvalue weighted by Crippen LogP contribution is -2.50. The van der Waals surface area contributed by atoms with Crippen LogP contribution in [0.4, 0.5) is 5.69 Å². The fraction of sp³-hybridized carbons (Fsp3) is 0.458. The van der Waals surface area contributed by atoms with Crippen molar-refractivity contribution in [3.63, 3.8) is 0 Å². The molecule has 3 atom stereocenters. The molecule has 6 nitrogen and oxygen atoms in total. The van der Waals surface area contributed by atoms with E-state index >= 15 is 0 Å². The van der Waals surface area contributed by atoms with Crippen LogP contribution in [0.5, 0.6) is 0 Å². The van der Waals surface area contributed by atoms with E-state index in [1.165, 1.54) is 0 Å². The maximum Gasteiger partial charge on any atom is 0.245 e. The van der Waals surface area contributed by atoms with Crippen molar-refractivity contribution in [2.45, 2.75) is 62.2 Å². The maximum atomic E-state index is 13.6. The van der Waals surface area contributed by atoms with Crippen molar-refractivity contribution in [3.8, 4) is 0 Å². The third kappa shape index (κ3) is 3.53. The van der Waals surface area contributed by atoms with Crippen LogP contribution in [0.25, 0.3) is 0 Å². The Labute approximate surface area is 184 Å². The van der Waals surface area contributed by atoms with Gasteiger partial charge in [-0.15, -0.1) is 0 Å². The van der Waals surface area contributed by atoms with Gasteiger partial charge in [-0.25, -0.2) is 8.42 Å². The fourth-order valence-corrected chi connectivity index (χ4v) is 7.07. The molecule has 3 aliphatic heterocycles. The average molecular weight is 440 g/mol. The number of benzene rings is 2. The summed E-state index contributed by atoms with van der Waals surface area (Å²) in [5, 5.41) is 0. The van der Waals surface area contributed by atoms with Gasteiger partial charge in [0.2, 0.25) is 15.9 Å². The molecule has 0 N–H and O–H groups in total. The summed E-state index contributed by atoms with van der Waals surface area (Å²) in [6.07, 6.45) is 3.66. The Hall–Kier alpha value is -2.38. The van der Waals surface area contributed by atoms with Crippen molar-refractivity contribution in [3.05, 3.63) is 60.2 Å². The van der Waals surface area contributed by atoms with Crippen molar-refractivity contribution in [1.82, 2.24) is 9.21 Å². The normalized spacial score (nSPS) is 27.6. The SMILES string of the molecule is CC1CCCN1C(=O)C1CCC2CN(Cc3ccccc3)S(=O)(=O)c3ccccc3N21. The molecule has 2 fully saturated rings. The molecule has 0 saturated carbocycles. The molecule has 1 amide bonds. The zero-order chi connectivity index (χ0) is 21.6. The number of likely N-dealkylation sites (tertiary alicyclic amines) is 1. The van der Waals surface area contributed by atoms with E-state index in [4.69, 9.17) is 0 Å². The minimum Gasteiger partial charge on any atom is -0.354 e. The summed E-state index contributed by atoms with van der Waals surface area (Å²) in [7, 11) is -3.67. The molecule has 3 unspecified atom stereocenters. The van der Waals surface area contributed by atoms with E-state index in [1.54, 1.807) is 16.4 Å². The number of nitrogens with zero attached hydrogens (tertiary/aromatic N) is 3. The van der Waals surface area contributed by atoms with Crippen molar-refractivity contribution in [1.29, 1.82) is 0 Å². The van der Waals surface area contributed by atoms with E-state index in [1.807, 2.05) is 47.4 Å². The number of anilines is 1. The van der Waals surface area contributed by atoms with Crippen LogP contribution in [0.3, 0.4) is 0 Å². The molecule has 0 bridgehead atoms. The highest BCUT2D eigenvalue weighted by molar-refractivity contribution is 7.89. The third-order valence-corrected chi connectivity index (χ3v) is 8.86. The van der Waals surface area contributed by atoms with Crippen LogP contribution in [0, 0.1) is 0 Å². The zero-order valence-corrected chi connectivity index (χ0v) is 18.7. The summed E-state index contributed by atoms with van der Waals surface area (Å²) in [4.78, 5) is 17.9. The number of rotatable bonds is 3. The van der Waals surface area contributed by atoms with Crippen molar-refractivity contribution in [2.24, 2.45) is 0 Å². The standard InChI is InChI=1S/C24H29N3O3S/c1-18-8-7-15-26(18)24(28)22-14-13-20-17-25(16-19-9-3-2-4-10-19)31(29,30)23-12-6-5-11-21(23)27(20)22/h2-6,9-12,18,20,22H,7-8,13-17H2,1H3. The number of hydrogen-bond acceptors (Lipinski definition) is 4. The van der Waals surface area contributed by atoms with Crippen LogP contribution in [0.2, 0.25) is 0 Å². The van der Waals surface area contributed by atoms with Gasteiger partial charge in [-0.2, -0.15) is 4.31 Å². The highest BCUT2D eigenvalue weighted by atomic mass is 32.2. The fourth-order valence-electron chi connectivity index (χ4n) is 5.42. The van der Waals surface area contributed by atoms with Crippen LogP contribution in [0.15, 0.2) is 59.5 Å². The first-order chi connectivity index (χ1) is 15.0. The molecule has 2 aromatic carbocycles. The number of carbonyl (C=O) groups excluding carboxylic acids is 1. The summed E-state index contributed by atoms with van der Waals surface area (Å²) in [6.45, 7) is 3.64. The molecule has 2 aromatic rings. The Morgan fingerprint density at radius 3 is 2.48 bits per heavy atom. The monoisotopic (exact) mass is 439 g/mol. The summed E-state index contributed by atoms with van der Waals surface area (Å²) < 4.78 is 28.9. The van der Waals surface area contributed by atoms with Crippen LogP contribution in [-0.2, 0) is 21.4 Å². The lowest BCUT2D eigenvalue weighted by atomic mass is 10.1. The smallest absolute Gasteiger partial charge is 0.245 e. The quantitative estimate of drug-likeness (QED) is 0.737. The van der Waals surface area contributed by atoms with E-state index in [-0.39, 0.29) is 24.0 Å². The molecule has 0 aromatic heterocycles. The van der Waals surface area contributed by atoms with Crippen LogP contribution in [0.1, 0.15) is 38.2 Å². The number of sulfonamides is 1. The van der Waals surface area contributed by atoms with Gasteiger partial charge in [0.1, 0.15) is 10.9 Å². The lowest BCUT2D eigenvalue weighted by molar-refractivity contribution is -0.133. The largest absolute Gasteiger partial charge is 0.354 e. The molecule has 2 saturated heterocycles. The van der Waals surface area contributed by atoms with Gasteiger partial charge < -0.3 is 9.80 Å². The van der Waals surface area contributed by atoms with Crippen LogP contribution in [-0.4, -0.2) is 54.7 Å². The first-order valence-electron chi connectivity index (χ1n) is 11.2. The minimum absolute atomic E-state index is 0.00556. The second-order valence-corrected chi connectivity index (χ2v) is 10.8.